The normalized spacial score (nSPS) is 16.9. The van der Waals surface area contributed by atoms with Crippen LogP contribution in [-0.2, 0) is 9.59 Å². The lowest BCUT2D eigenvalue weighted by atomic mass is 10.2. The topological polar surface area (TPSA) is 62.6 Å². The second kappa shape index (κ2) is 7.26. The molecule has 5 nitrogen and oxygen atoms in total. The molecule has 0 bridgehead atoms. The van der Waals surface area contributed by atoms with Gasteiger partial charge < -0.3 is 14.6 Å². The molecule has 1 aromatic heterocycles. The smallest absolute Gasteiger partial charge is 0.240 e. The Kier molecular flexibility index (Phi) is 5.09. The van der Waals surface area contributed by atoms with Crippen molar-refractivity contribution in [2.24, 2.45) is 0 Å². The predicted molar refractivity (Wildman–Crippen MR) is 92.8 cm³/mol. The summed E-state index contributed by atoms with van der Waals surface area (Å²) in [6.07, 6.45) is 3.45. The second-order valence-electron chi connectivity index (χ2n) is 6.25. The Morgan fingerprint density at radius 1 is 1.33 bits per heavy atom. The maximum absolute atomic E-state index is 12.3. The van der Waals surface area contributed by atoms with E-state index in [0.29, 0.717) is 23.7 Å². The maximum Gasteiger partial charge on any atom is 0.240 e. The van der Waals surface area contributed by atoms with E-state index in [1.807, 2.05) is 25.1 Å². The number of furan rings is 1. The lowest BCUT2D eigenvalue weighted by Gasteiger charge is -2.21. The molecule has 0 unspecified atom stereocenters. The van der Waals surface area contributed by atoms with Crippen molar-refractivity contribution in [2.45, 2.75) is 38.6 Å². The van der Waals surface area contributed by atoms with E-state index in [0.717, 1.165) is 30.2 Å². The molecule has 1 atom stereocenters. The van der Waals surface area contributed by atoms with Crippen LogP contribution in [0.4, 0.5) is 0 Å². The molecule has 2 heterocycles. The highest BCUT2D eigenvalue weighted by molar-refractivity contribution is 6.31. The van der Waals surface area contributed by atoms with Gasteiger partial charge in [-0.1, -0.05) is 18.0 Å². The van der Waals surface area contributed by atoms with Gasteiger partial charge in [-0.05, 0) is 44.0 Å². The molecule has 1 aromatic carbocycles. The van der Waals surface area contributed by atoms with Crippen molar-refractivity contribution in [3.63, 3.8) is 0 Å². The zero-order chi connectivity index (χ0) is 17.1. The molecule has 0 radical (unpaired) electrons. The van der Waals surface area contributed by atoms with E-state index in [1.54, 1.807) is 11.0 Å². The van der Waals surface area contributed by atoms with Gasteiger partial charge in [0.15, 0.2) is 0 Å². The maximum atomic E-state index is 12.3. The van der Waals surface area contributed by atoms with E-state index >= 15 is 0 Å². The number of hydrogen-bond acceptors (Lipinski definition) is 3. The molecular formula is C18H21ClN2O3. The average molecular weight is 349 g/mol. The van der Waals surface area contributed by atoms with Crippen LogP contribution in [0.25, 0.3) is 11.0 Å². The summed E-state index contributed by atoms with van der Waals surface area (Å²) in [7, 11) is 0. The SMILES string of the molecule is C[C@@H](NC(=O)CN1CCCCCC1=O)c1cc2cc(Cl)ccc2o1. The van der Waals surface area contributed by atoms with Crippen LogP contribution in [-0.4, -0.2) is 29.8 Å². The van der Waals surface area contributed by atoms with Crippen LogP contribution in [0.15, 0.2) is 28.7 Å². The van der Waals surface area contributed by atoms with Gasteiger partial charge in [0.1, 0.15) is 11.3 Å². The molecule has 0 saturated carbocycles. The Labute approximate surface area is 145 Å². The minimum absolute atomic E-state index is 0.0636. The van der Waals surface area contributed by atoms with Crippen molar-refractivity contribution in [3.8, 4) is 0 Å². The summed E-state index contributed by atoms with van der Waals surface area (Å²) in [5, 5.41) is 4.45. The van der Waals surface area contributed by atoms with Crippen LogP contribution >= 0.6 is 11.6 Å². The predicted octanol–water partition coefficient (Wildman–Crippen LogP) is 3.67. The summed E-state index contributed by atoms with van der Waals surface area (Å²) < 4.78 is 5.76. The number of nitrogens with one attached hydrogen (secondary N) is 1. The number of hydrogen-bond donors (Lipinski definition) is 1. The summed E-state index contributed by atoms with van der Waals surface area (Å²) >= 11 is 5.98. The van der Waals surface area contributed by atoms with Gasteiger partial charge in [-0.15, -0.1) is 0 Å². The molecule has 3 rings (SSSR count). The number of fused-ring (bicyclic) bond motifs is 1. The summed E-state index contributed by atoms with van der Waals surface area (Å²) in [5.41, 5.74) is 0.734. The number of carbonyl (C=O) groups excluding carboxylic acids is 2. The first-order valence-corrected chi connectivity index (χ1v) is 8.67. The van der Waals surface area contributed by atoms with Gasteiger partial charge in [-0.3, -0.25) is 9.59 Å². The fourth-order valence-electron chi connectivity index (χ4n) is 2.99. The molecule has 1 N–H and O–H groups in total. The van der Waals surface area contributed by atoms with Gasteiger partial charge in [0.05, 0.1) is 12.6 Å². The molecule has 128 valence electrons. The highest BCUT2D eigenvalue weighted by atomic mass is 35.5. The molecule has 1 fully saturated rings. The zero-order valence-corrected chi connectivity index (χ0v) is 14.4. The van der Waals surface area contributed by atoms with Crippen molar-refractivity contribution in [1.29, 1.82) is 0 Å². The molecular weight excluding hydrogens is 328 g/mol. The van der Waals surface area contributed by atoms with Gasteiger partial charge in [-0.2, -0.15) is 0 Å². The fraction of sp³-hybridized carbons (Fsp3) is 0.444. The summed E-state index contributed by atoms with van der Waals surface area (Å²) in [4.78, 5) is 25.9. The van der Waals surface area contributed by atoms with Gasteiger partial charge in [-0.25, -0.2) is 0 Å². The van der Waals surface area contributed by atoms with Crippen LogP contribution in [0.5, 0.6) is 0 Å². The summed E-state index contributed by atoms with van der Waals surface area (Å²) in [6, 6.07) is 7.01. The monoisotopic (exact) mass is 348 g/mol. The second-order valence-corrected chi connectivity index (χ2v) is 6.68. The minimum atomic E-state index is -0.272. The van der Waals surface area contributed by atoms with E-state index in [1.165, 1.54) is 0 Å². The van der Waals surface area contributed by atoms with Crippen LogP contribution in [0.2, 0.25) is 5.02 Å². The minimum Gasteiger partial charge on any atom is -0.459 e. The van der Waals surface area contributed by atoms with E-state index in [2.05, 4.69) is 5.32 Å². The number of halogens is 1. The first-order chi connectivity index (χ1) is 11.5. The van der Waals surface area contributed by atoms with E-state index in [9.17, 15) is 9.59 Å². The molecule has 2 amide bonds. The lowest BCUT2D eigenvalue weighted by molar-refractivity contribution is -0.135. The number of amides is 2. The Hall–Kier alpha value is -2.01. The zero-order valence-electron chi connectivity index (χ0n) is 13.7. The Bertz CT molecular complexity index is 756. The molecule has 1 aliphatic heterocycles. The van der Waals surface area contributed by atoms with Gasteiger partial charge in [0.2, 0.25) is 11.8 Å². The average Bonchev–Trinajstić information content (AvgIpc) is 2.86. The summed E-state index contributed by atoms with van der Waals surface area (Å²) in [5.74, 6) is 0.563. The molecule has 0 spiro atoms. The van der Waals surface area contributed by atoms with Crippen LogP contribution in [0, 0.1) is 0 Å². The third-order valence-electron chi connectivity index (χ3n) is 4.31. The Balaban J connectivity index is 1.63. The van der Waals surface area contributed by atoms with Crippen LogP contribution in [0.3, 0.4) is 0 Å². The Morgan fingerprint density at radius 2 is 2.17 bits per heavy atom. The number of rotatable bonds is 4. The lowest BCUT2D eigenvalue weighted by Crippen LogP contribution is -2.41. The third-order valence-corrected chi connectivity index (χ3v) is 4.54. The number of nitrogens with zero attached hydrogens (tertiary/aromatic N) is 1. The van der Waals surface area contributed by atoms with Crippen molar-refractivity contribution in [3.05, 3.63) is 35.0 Å². The molecule has 1 saturated heterocycles. The van der Waals surface area contributed by atoms with E-state index in [-0.39, 0.29) is 24.4 Å². The molecule has 6 heteroatoms. The standard InChI is InChI=1S/C18H21ClN2O3/c1-12(16-10-13-9-14(19)6-7-15(13)24-16)20-17(22)11-21-8-4-2-3-5-18(21)23/h6-7,9-10,12H,2-5,8,11H2,1H3,(H,20,22)/t12-/m1/s1. The Morgan fingerprint density at radius 3 is 3.00 bits per heavy atom. The van der Waals surface area contributed by atoms with E-state index < -0.39 is 0 Å². The number of likely N-dealkylation sites (tertiary alicyclic amines) is 1. The van der Waals surface area contributed by atoms with Gasteiger partial charge >= 0.3 is 0 Å². The van der Waals surface area contributed by atoms with Crippen molar-refractivity contribution < 1.29 is 14.0 Å². The van der Waals surface area contributed by atoms with Crippen LogP contribution in [0.1, 0.15) is 44.4 Å². The molecule has 1 aliphatic rings. The van der Waals surface area contributed by atoms with E-state index in [4.69, 9.17) is 16.0 Å². The molecule has 24 heavy (non-hydrogen) atoms. The first kappa shape index (κ1) is 16.8. The molecule has 2 aromatic rings. The van der Waals surface area contributed by atoms with Gasteiger partial charge in [0.25, 0.3) is 0 Å². The van der Waals surface area contributed by atoms with Crippen molar-refractivity contribution in [2.75, 3.05) is 13.1 Å². The quantitative estimate of drug-likeness (QED) is 0.917. The highest BCUT2D eigenvalue weighted by Gasteiger charge is 2.21. The van der Waals surface area contributed by atoms with Crippen molar-refractivity contribution in [1.82, 2.24) is 10.2 Å². The fourth-order valence-corrected chi connectivity index (χ4v) is 3.17. The third kappa shape index (κ3) is 3.90. The van der Waals surface area contributed by atoms with Crippen molar-refractivity contribution >= 4 is 34.4 Å². The van der Waals surface area contributed by atoms with Gasteiger partial charge in [0, 0.05) is 23.4 Å². The largest absolute Gasteiger partial charge is 0.459 e. The summed E-state index contributed by atoms with van der Waals surface area (Å²) in [6.45, 7) is 2.63. The number of benzene rings is 1. The van der Waals surface area contributed by atoms with Crippen LogP contribution < -0.4 is 5.32 Å². The number of carbonyl (C=O) groups is 2. The molecule has 0 aliphatic carbocycles. The first-order valence-electron chi connectivity index (χ1n) is 8.29. The highest BCUT2D eigenvalue weighted by Crippen LogP contribution is 2.26.